The van der Waals surface area contributed by atoms with Gasteiger partial charge in [-0.15, -0.1) is 0 Å². The van der Waals surface area contributed by atoms with E-state index in [4.69, 9.17) is 4.74 Å². The molecule has 1 fully saturated rings. The highest BCUT2D eigenvalue weighted by atomic mass is 16.6. The van der Waals surface area contributed by atoms with E-state index < -0.39 is 5.60 Å². The normalized spacial score (nSPS) is 18.8. The van der Waals surface area contributed by atoms with E-state index in [-0.39, 0.29) is 17.8 Å². The minimum Gasteiger partial charge on any atom is -0.444 e. The summed E-state index contributed by atoms with van der Waals surface area (Å²) in [5.74, 6) is 0.220. The van der Waals surface area contributed by atoms with Crippen LogP contribution in [0.4, 0.5) is 4.79 Å². The van der Waals surface area contributed by atoms with E-state index in [1.54, 1.807) is 4.90 Å². The molecule has 126 valence electrons. The number of Topliss-reactive ketones (excluding diaryl/α,β-unsaturated/α-hetero) is 1. The lowest BCUT2D eigenvalue weighted by atomic mass is 9.91. The molecule has 1 aromatic rings. The molecule has 4 heteroatoms. The SMILES string of the molecule is CC(C)(C)OC(=O)N1CCC(=O)C(CCCc2ccccc2)C1. The van der Waals surface area contributed by atoms with Gasteiger partial charge < -0.3 is 9.64 Å². The molecule has 1 amide bonds. The van der Waals surface area contributed by atoms with E-state index >= 15 is 0 Å². The average Bonchev–Trinajstić information content (AvgIpc) is 2.48. The Morgan fingerprint density at radius 2 is 1.96 bits per heavy atom. The Labute approximate surface area is 138 Å². The zero-order chi connectivity index (χ0) is 16.9. The van der Waals surface area contributed by atoms with Gasteiger partial charge in [-0.05, 0) is 45.6 Å². The number of hydrogen-bond donors (Lipinski definition) is 0. The van der Waals surface area contributed by atoms with Crippen LogP contribution in [0.25, 0.3) is 0 Å². The third kappa shape index (κ3) is 5.70. The van der Waals surface area contributed by atoms with Gasteiger partial charge in [-0.2, -0.15) is 0 Å². The van der Waals surface area contributed by atoms with Crippen molar-refractivity contribution in [3.63, 3.8) is 0 Å². The first-order valence-electron chi connectivity index (χ1n) is 8.40. The van der Waals surface area contributed by atoms with Crippen LogP contribution in [0.2, 0.25) is 0 Å². The molecular formula is C19H27NO3. The van der Waals surface area contributed by atoms with Crippen molar-refractivity contribution in [3.8, 4) is 0 Å². The molecule has 0 saturated carbocycles. The second kappa shape index (κ2) is 7.62. The first kappa shape index (κ1) is 17.5. The third-order valence-corrected chi connectivity index (χ3v) is 4.04. The molecule has 0 aliphatic carbocycles. The van der Waals surface area contributed by atoms with Crippen molar-refractivity contribution in [1.29, 1.82) is 0 Å². The monoisotopic (exact) mass is 317 g/mol. The lowest BCUT2D eigenvalue weighted by molar-refractivity contribution is -0.126. The summed E-state index contributed by atoms with van der Waals surface area (Å²) in [6, 6.07) is 10.3. The van der Waals surface area contributed by atoms with E-state index in [0.29, 0.717) is 19.5 Å². The number of likely N-dealkylation sites (tertiary alicyclic amines) is 1. The quantitative estimate of drug-likeness (QED) is 0.847. The maximum absolute atomic E-state index is 12.2. The fourth-order valence-corrected chi connectivity index (χ4v) is 2.85. The lowest BCUT2D eigenvalue weighted by Crippen LogP contribution is -2.46. The molecule has 23 heavy (non-hydrogen) atoms. The molecule has 0 aromatic heterocycles. The van der Waals surface area contributed by atoms with Gasteiger partial charge in [0.1, 0.15) is 11.4 Å². The van der Waals surface area contributed by atoms with Crippen molar-refractivity contribution < 1.29 is 14.3 Å². The van der Waals surface area contributed by atoms with Gasteiger partial charge in [0.15, 0.2) is 0 Å². The smallest absolute Gasteiger partial charge is 0.410 e. The standard InChI is InChI=1S/C19H27NO3/c1-19(2,3)23-18(22)20-13-12-17(21)16(14-20)11-7-10-15-8-5-4-6-9-15/h4-6,8-9,16H,7,10-14H2,1-3H3. The number of carbonyl (C=O) groups excluding carboxylic acids is 2. The number of piperidine rings is 1. The number of rotatable bonds is 4. The first-order valence-corrected chi connectivity index (χ1v) is 8.40. The van der Waals surface area contributed by atoms with Gasteiger partial charge in [-0.3, -0.25) is 4.79 Å². The largest absolute Gasteiger partial charge is 0.444 e. The number of amides is 1. The molecule has 0 N–H and O–H groups in total. The van der Waals surface area contributed by atoms with Crippen molar-refractivity contribution >= 4 is 11.9 Å². The molecule has 1 atom stereocenters. The second-order valence-electron chi connectivity index (χ2n) is 7.22. The van der Waals surface area contributed by atoms with E-state index in [1.165, 1.54) is 5.56 Å². The average molecular weight is 317 g/mol. The molecule has 1 saturated heterocycles. The Kier molecular flexibility index (Phi) is 5.80. The zero-order valence-corrected chi connectivity index (χ0v) is 14.4. The molecule has 0 radical (unpaired) electrons. The number of benzene rings is 1. The van der Waals surface area contributed by atoms with Gasteiger partial charge in [-0.1, -0.05) is 30.3 Å². The number of aryl methyl sites for hydroxylation is 1. The number of ether oxygens (including phenoxy) is 1. The number of ketones is 1. The fraction of sp³-hybridized carbons (Fsp3) is 0.579. The highest BCUT2D eigenvalue weighted by molar-refractivity contribution is 5.84. The van der Waals surface area contributed by atoms with Crippen molar-refractivity contribution in [3.05, 3.63) is 35.9 Å². The maximum atomic E-state index is 12.2. The summed E-state index contributed by atoms with van der Waals surface area (Å²) in [5.41, 5.74) is 0.793. The molecule has 2 rings (SSSR count). The van der Waals surface area contributed by atoms with E-state index in [2.05, 4.69) is 12.1 Å². The Balaban J connectivity index is 1.83. The van der Waals surface area contributed by atoms with Crippen molar-refractivity contribution in [2.75, 3.05) is 13.1 Å². The van der Waals surface area contributed by atoms with Gasteiger partial charge in [0.2, 0.25) is 0 Å². The van der Waals surface area contributed by atoms with Crippen LogP contribution in [-0.4, -0.2) is 35.5 Å². The molecular weight excluding hydrogens is 290 g/mol. The zero-order valence-electron chi connectivity index (χ0n) is 14.4. The maximum Gasteiger partial charge on any atom is 0.410 e. The minimum absolute atomic E-state index is 0.0556. The van der Waals surface area contributed by atoms with Crippen LogP contribution in [0.1, 0.15) is 45.6 Å². The summed E-state index contributed by atoms with van der Waals surface area (Å²) in [5, 5.41) is 0. The highest BCUT2D eigenvalue weighted by Crippen LogP contribution is 2.21. The molecule has 1 aromatic carbocycles. The molecule has 0 bridgehead atoms. The van der Waals surface area contributed by atoms with E-state index in [9.17, 15) is 9.59 Å². The van der Waals surface area contributed by atoms with Gasteiger partial charge in [0.05, 0.1) is 0 Å². The molecule has 1 heterocycles. The lowest BCUT2D eigenvalue weighted by Gasteiger charge is -2.33. The van der Waals surface area contributed by atoms with Crippen LogP contribution in [0.3, 0.4) is 0 Å². The van der Waals surface area contributed by atoms with Gasteiger partial charge in [0, 0.05) is 25.4 Å². The van der Waals surface area contributed by atoms with Crippen LogP contribution < -0.4 is 0 Å². The summed E-state index contributed by atoms with van der Waals surface area (Å²) >= 11 is 0. The second-order valence-corrected chi connectivity index (χ2v) is 7.22. The Bertz CT molecular complexity index is 533. The third-order valence-electron chi connectivity index (χ3n) is 4.04. The Morgan fingerprint density at radius 1 is 1.26 bits per heavy atom. The number of carbonyl (C=O) groups is 2. The Hall–Kier alpha value is -1.84. The molecule has 1 aliphatic heterocycles. The van der Waals surface area contributed by atoms with E-state index in [1.807, 2.05) is 39.0 Å². The molecule has 1 unspecified atom stereocenters. The van der Waals surface area contributed by atoms with Gasteiger partial charge in [-0.25, -0.2) is 4.79 Å². The summed E-state index contributed by atoms with van der Waals surface area (Å²) in [6.07, 6.45) is 2.89. The van der Waals surface area contributed by atoms with Gasteiger partial charge >= 0.3 is 6.09 Å². The number of nitrogens with zero attached hydrogens (tertiary/aromatic N) is 1. The molecule has 1 aliphatic rings. The number of hydrogen-bond acceptors (Lipinski definition) is 3. The summed E-state index contributed by atoms with van der Waals surface area (Å²) in [6.45, 7) is 6.54. The summed E-state index contributed by atoms with van der Waals surface area (Å²) in [4.78, 5) is 25.9. The van der Waals surface area contributed by atoms with Crippen molar-refractivity contribution in [2.45, 2.75) is 52.1 Å². The minimum atomic E-state index is -0.499. The van der Waals surface area contributed by atoms with Crippen LogP contribution >= 0.6 is 0 Å². The van der Waals surface area contributed by atoms with Crippen LogP contribution in [-0.2, 0) is 16.0 Å². The molecule has 0 spiro atoms. The fourth-order valence-electron chi connectivity index (χ4n) is 2.85. The highest BCUT2D eigenvalue weighted by Gasteiger charge is 2.31. The predicted octanol–water partition coefficient (Wildman–Crippen LogP) is 3.84. The van der Waals surface area contributed by atoms with Crippen molar-refractivity contribution in [2.24, 2.45) is 5.92 Å². The van der Waals surface area contributed by atoms with E-state index in [0.717, 1.165) is 19.3 Å². The topological polar surface area (TPSA) is 46.6 Å². The molecule has 4 nitrogen and oxygen atoms in total. The predicted molar refractivity (Wildman–Crippen MR) is 90.3 cm³/mol. The Morgan fingerprint density at radius 3 is 2.61 bits per heavy atom. The summed E-state index contributed by atoms with van der Waals surface area (Å²) in [7, 11) is 0. The van der Waals surface area contributed by atoms with Gasteiger partial charge in [0.25, 0.3) is 0 Å². The summed E-state index contributed by atoms with van der Waals surface area (Å²) < 4.78 is 5.41. The van der Waals surface area contributed by atoms with Crippen molar-refractivity contribution in [1.82, 2.24) is 4.90 Å². The van der Waals surface area contributed by atoms with Crippen LogP contribution in [0.5, 0.6) is 0 Å². The van der Waals surface area contributed by atoms with Crippen LogP contribution in [0.15, 0.2) is 30.3 Å². The first-order chi connectivity index (χ1) is 10.8. The van der Waals surface area contributed by atoms with Crippen LogP contribution in [0, 0.1) is 5.92 Å².